The number of amides is 1. The number of halogens is 1. The highest BCUT2D eigenvalue weighted by molar-refractivity contribution is 6.30. The number of pyridine rings is 1. The van der Waals surface area contributed by atoms with Crippen molar-refractivity contribution in [2.24, 2.45) is 0 Å². The molecule has 19 heavy (non-hydrogen) atoms. The minimum atomic E-state index is -0.153. The topological polar surface area (TPSA) is 42.4 Å². The van der Waals surface area contributed by atoms with Gasteiger partial charge in [-0.25, -0.2) is 10.0 Å². The first-order valence-corrected chi connectivity index (χ1v) is 6.63. The molecule has 2 heterocycles. The molecule has 5 heteroatoms. The summed E-state index contributed by atoms with van der Waals surface area (Å²) in [5.74, 6) is -0.153. The zero-order valence-electron chi connectivity index (χ0n) is 10.3. The van der Waals surface area contributed by atoms with Gasteiger partial charge in [-0.3, -0.25) is 9.63 Å². The second-order valence-corrected chi connectivity index (χ2v) is 4.84. The molecule has 3 rings (SSSR count). The second-order valence-electron chi connectivity index (χ2n) is 4.46. The zero-order valence-corrected chi connectivity index (χ0v) is 11.1. The molecule has 4 nitrogen and oxygen atoms in total. The molecule has 2 aromatic rings. The summed E-state index contributed by atoms with van der Waals surface area (Å²) in [4.78, 5) is 22.1. The Bertz CT molecular complexity index is 624. The van der Waals surface area contributed by atoms with Crippen LogP contribution in [0.3, 0.4) is 0 Å². The maximum Gasteiger partial charge on any atom is 0.278 e. The van der Waals surface area contributed by atoms with Gasteiger partial charge in [0.25, 0.3) is 5.91 Å². The van der Waals surface area contributed by atoms with Gasteiger partial charge in [0.15, 0.2) is 0 Å². The Kier molecular flexibility index (Phi) is 3.36. The van der Waals surface area contributed by atoms with E-state index in [0.717, 1.165) is 23.7 Å². The maximum atomic E-state index is 12.5. The molecule has 1 aromatic carbocycles. The number of hydroxylamine groups is 2. The Hall–Kier alpha value is -1.65. The molecule has 0 spiro atoms. The van der Waals surface area contributed by atoms with Crippen molar-refractivity contribution in [3.8, 4) is 0 Å². The lowest BCUT2D eigenvalue weighted by Crippen LogP contribution is -2.35. The van der Waals surface area contributed by atoms with Gasteiger partial charge in [0, 0.05) is 11.9 Å². The lowest BCUT2D eigenvalue weighted by atomic mass is 10.1. The highest BCUT2D eigenvalue weighted by Gasteiger charge is 2.22. The van der Waals surface area contributed by atoms with Gasteiger partial charge in [-0.1, -0.05) is 29.8 Å². The van der Waals surface area contributed by atoms with Gasteiger partial charge in [-0.15, -0.1) is 0 Å². The van der Waals surface area contributed by atoms with Crippen LogP contribution in [0.1, 0.15) is 23.2 Å². The number of carbonyl (C=O) groups excluding carboxylic acids is 1. The van der Waals surface area contributed by atoms with Crippen molar-refractivity contribution in [1.82, 2.24) is 10.0 Å². The SMILES string of the molecule is O=C(c1cc(Cl)nc2ccccc12)N1CCCCO1. The molecule has 0 bridgehead atoms. The summed E-state index contributed by atoms with van der Waals surface area (Å²) in [5.41, 5.74) is 1.26. The molecule has 0 unspecified atom stereocenters. The van der Waals surface area contributed by atoms with Crippen molar-refractivity contribution in [3.05, 3.63) is 41.0 Å². The number of hydrogen-bond donors (Lipinski definition) is 0. The first kappa shape index (κ1) is 12.4. The fourth-order valence-electron chi connectivity index (χ4n) is 2.21. The predicted octanol–water partition coefficient (Wildman–Crippen LogP) is 3.06. The molecule has 98 valence electrons. The third-order valence-electron chi connectivity index (χ3n) is 3.14. The van der Waals surface area contributed by atoms with Crippen molar-refractivity contribution in [3.63, 3.8) is 0 Å². The third kappa shape index (κ3) is 2.41. The first-order valence-electron chi connectivity index (χ1n) is 6.26. The number of hydrogen-bond acceptors (Lipinski definition) is 3. The van der Waals surface area contributed by atoms with Gasteiger partial charge in [0.05, 0.1) is 17.7 Å². The zero-order chi connectivity index (χ0) is 13.2. The maximum absolute atomic E-state index is 12.5. The number of carbonyl (C=O) groups is 1. The van der Waals surface area contributed by atoms with Gasteiger partial charge in [-0.2, -0.15) is 0 Å². The van der Waals surface area contributed by atoms with E-state index in [1.165, 1.54) is 5.06 Å². The number of nitrogens with zero attached hydrogens (tertiary/aromatic N) is 2. The second kappa shape index (κ2) is 5.15. The van der Waals surface area contributed by atoms with Crippen LogP contribution in [0.4, 0.5) is 0 Å². The molecule has 0 N–H and O–H groups in total. The van der Waals surface area contributed by atoms with E-state index in [1.54, 1.807) is 6.07 Å². The predicted molar refractivity (Wildman–Crippen MR) is 73.0 cm³/mol. The molecule has 1 saturated heterocycles. The number of rotatable bonds is 1. The minimum absolute atomic E-state index is 0.153. The summed E-state index contributed by atoms with van der Waals surface area (Å²) in [6.45, 7) is 1.20. The van der Waals surface area contributed by atoms with Crippen molar-refractivity contribution >= 4 is 28.4 Å². The smallest absolute Gasteiger partial charge is 0.271 e. The number of aromatic nitrogens is 1. The molecular formula is C14H13ClN2O2. The van der Waals surface area contributed by atoms with Crippen molar-refractivity contribution < 1.29 is 9.63 Å². The summed E-state index contributed by atoms with van der Waals surface area (Å²) < 4.78 is 0. The number of fused-ring (bicyclic) bond motifs is 1. The standard InChI is InChI=1S/C14H13ClN2O2/c15-13-9-11(10-5-1-2-6-12(10)16-13)14(18)17-7-3-4-8-19-17/h1-2,5-6,9H,3-4,7-8H2. The molecule has 1 fully saturated rings. The van der Waals surface area contributed by atoms with Crippen LogP contribution in [0, 0.1) is 0 Å². The van der Waals surface area contributed by atoms with Crippen LogP contribution in [0.25, 0.3) is 10.9 Å². The normalized spacial score (nSPS) is 15.7. The Morgan fingerprint density at radius 2 is 2.16 bits per heavy atom. The third-order valence-corrected chi connectivity index (χ3v) is 3.34. The highest BCUT2D eigenvalue weighted by atomic mass is 35.5. The average Bonchev–Trinajstić information content (AvgIpc) is 2.46. The van der Waals surface area contributed by atoms with E-state index in [1.807, 2.05) is 24.3 Å². The van der Waals surface area contributed by atoms with Crippen molar-refractivity contribution in [1.29, 1.82) is 0 Å². The Balaban J connectivity index is 2.05. The van der Waals surface area contributed by atoms with Gasteiger partial charge < -0.3 is 0 Å². The van der Waals surface area contributed by atoms with Gasteiger partial charge in [-0.05, 0) is 25.0 Å². The molecule has 0 aliphatic carbocycles. The fraction of sp³-hybridized carbons (Fsp3) is 0.286. The fourth-order valence-corrected chi connectivity index (χ4v) is 2.41. The molecule has 0 atom stereocenters. The van der Waals surface area contributed by atoms with Crippen LogP contribution < -0.4 is 0 Å². The molecule has 1 aromatic heterocycles. The Morgan fingerprint density at radius 1 is 1.32 bits per heavy atom. The quantitative estimate of drug-likeness (QED) is 0.752. The van der Waals surface area contributed by atoms with E-state index in [-0.39, 0.29) is 5.91 Å². The lowest BCUT2D eigenvalue weighted by molar-refractivity contribution is -0.144. The monoisotopic (exact) mass is 276 g/mol. The first-order chi connectivity index (χ1) is 9.25. The summed E-state index contributed by atoms with van der Waals surface area (Å²) in [7, 11) is 0. The van der Waals surface area contributed by atoms with Crippen LogP contribution in [0.2, 0.25) is 5.15 Å². The summed E-state index contributed by atoms with van der Waals surface area (Å²) in [5, 5.41) is 2.53. The van der Waals surface area contributed by atoms with E-state index >= 15 is 0 Å². The van der Waals surface area contributed by atoms with Crippen LogP contribution >= 0.6 is 11.6 Å². The Morgan fingerprint density at radius 3 is 2.95 bits per heavy atom. The summed E-state index contributed by atoms with van der Waals surface area (Å²) >= 11 is 5.98. The van der Waals surface area contributed by atoms with Gasteiger partial charge in [0.2, 0.25) is 0 Å². The van der Waals surface area contributed by atoms with E-state index in [4.69, 9.17) is 16.4 Å². The molecular weight excluding hydrogens is 264 g/mol. The molecule has 1 aliphatic heterocycles. The highest BCUT2D eigenvalue weighted by Crippen LogP contribution is 2.23. The summed E-state index contributed by atoms with van der Waals surface area (Å²) in [6.07, 6.45) is 1.95. The number of benzene rings is 1. The summed E-state index contributed by atoms with van der Waals surface area (Å²) in [6, 6.07) is 9.07. The van der Waals surface area contributed by atoms with E-state index in [2.05, 4.69) is 4.98 Å². The molecule has 0 radical (unpaired) electrons. The largest absolute Gasteiger partial charge is 0.278 e. The van der Waals surface area contributed by atoms with Crippen LogP contribution in [-0.2, 0) is 4.84 Å². The molecule has 1 aliphatic rings. The van der Waals surface area contributed by atoms with Crippen LogP contribution in [-0.4, -0.2) is 29.1 Å². The van der Waals surface area contributed by atoms with Crippen molar-refractivity contribution in [2.45, 2.75) is 12.8 Å². The number of para-hydroxylation sites is 1. The lowest BCUT2D eigenvalue weighted by Gasteiger charge is -2.26. The van der Waals surface area contributed by atoms with E-state index < -0.39 is 0 Å². The van der Waals surface area contributed by atoms with E-state index in [9.17, 15) is 4.79 Å². The molecule has 0 saturated carbocycles. The van der Waals surface area contributed by atoms with E-state index in [0.29, 0.717) is 23.9 Å². The minimum Gasteiger partial charge on any atom is -0.271 e. The average molecular weight is 277 g/mol. The molecule has 1 amide bonds. The Labute approximate surface area is 115 Å². The van der Waals surface area contributed by atoms with Crippen molar-refractivity contribution in [2.75, 3.05) is 13.2 Å². The van der Waals surface area contributed by atoms with Gasteiger partial charge in [0.1, 0.15) is 5.15 Å². The van der Waals surface area contributed by atoms with Crippen LogP contribution in [0.5, 0.6) is 0 Å². The van der Waals surface area contributed by atoms with Crippen LogP contribution in [0.15, 0.2) is 30.3 Å². The van der Waals surface area contributed by atoms with Gasteiger partial charge >= 0.3 is 0 Å².